The van der Waals surface area contributed by atoms with E-state index in [0.29, 0.717) is 24.5 Å². The molecule has 2 aromatic rings. The summed E-state index contributed by atoms with van der Waals surface area (Å²) >= 11 is 5.68. The zero-order chi connectivity index (χ0) is 15.6. The summed E-state index contributed by atoms with van der Waals surface area (Å²) in [7, 11) is 0. The minimum absolute atomic E-state index is 0.155. The maximum atomic E-state index is 12.3. The van der Waals surface area contributed by atoms with E-state index in [1.807, 2.05) is 36.4 Å². The zero-order valence-electron chi connectivity index (χ0n) is 12.9. The van der Waals surface area contributed by atoms with Crippen LogP contribution in [0.1, 0.15) is 49.1 Å². The molecule has 1 nitrogen and oxygen atoms in total. The molecule has 116 valence electrons. The quantitative estimate of drug-likeness (QED) is 0.436. The van der Waals surface area contributed by atoms with E-state index in [1.54, 1.807) is 0 Å². The van der Waals surface area contributed by atoms with Gasteiger partial charge in [-0.3, -0.25) is 4.79 Å². The van der Waals surface area contributed by atoms with Crippen LogP contribution in [0.3, 0.4) is 0 Å². The number of hydrogen-bond acceptors (Lipinski definition) is 1. The lowest BCUT2D eigenvalue weighted by Crippen LogP contribution is -2.08. The lowest BCUT2D eigenvalue weighted by molar-refractivity contribution is -0.119. The fraction of sp³-hybridized carbons (Fsp3) is 0.350. The van der Waals surface area contributed by atoms with Gasteiger partial charge in [0.15, 0.2) is 0 Å². The van der Waals surface area contributed by atoms with Gasteiger partial charge < -0.3 is 0 Å². The van der Waals surface area contributed by atoms with Crippen LogP contribution in [0.15, 0.2) is 60.7 Å². The van der Waals surface area contributed by atoms with E-state index in [4.69, 9.17) is 11.6 Å². The van der Waals surface area contributed by atoms with E-state index in [-0.39, 0.29) is 5.92 Å². The van der Waals surface area contributed by atoms with Crippen molar-refractivity contribution in [1.82, 2.24) is 0 Å². The molecule has 0 aromatic heterocycles. The predicted octanol–water partition coefficient (Wildman–Crippen LogP) is 5.58. The van der Waals surface area contributed by atoms with Crippen LogP contribution in [0.5, 0.6) is 0 Å². The first-order chi connectivity index (χ1) is 10.8. The van der Waals surface area contributed by atoms with Gasteiger partial charge in [-0.05, 0) is 24.0 Å². The molecule has 2 rings (SSSR count). The van der Waals surface area contributed by atoms with Gasteiger partial charge in [-0.25, -0.2) is 0 Å². The Kier molecular flexibility index (Phi) is 7.18. The van der Waals surface area contributed by atoms with Crippen molar-refractivity contribution in [1.29, 1.82) is 0 Å². The Bertz CT molecular complexity index is 511. The van der Waals surface area contributed by atoms with Crippen LogP contribution in [0.2, 0.25) is 0 Å². The number of unbranched alkanes of at least 4 members (excludes halogenated alkanes) is 2. The van der Waals surface area contributed by atoms with Crippen LogP contribution in [0, 0.1) is 0 Å². The fourth-order valence-corrected chi connectivity index (χ4v) is 2.91. The molecule has 22 heavy (non-hydrogen) atoms. The number of alkyl halides is 1. The summed E-state index contributed by atoms with van der Waals surface area (Å²) in [6.07, 6.45) is 4.22. The monoisotopic (exact) mass is 314 g/mol. The molecule has 0 spiro atoms. The summed E-state index contributed by atoms with van der Waals surface area (Å²) in [6, 6.07) is 20.6. The normalized spacial score (nSPS) is 10.8. The van der Waals surface area contributed by atoms with E-state index < -0.39 is 0 Å². The van der Waals surface area contributed by atoms with Crippen LogP contribution < -0.4 is 0 Å². The van der Waals surface area contributed by atoms with Gasteiger partial charge in [-0.15, -0.1) is 11.6 Å². The average molecular weight is 315 g/mol. The lowest BCUT2D eigenvalue weighted by atomic mass is 9.86. The molecule has 0 fully saturated rings. The number of carbonyl (C=O) groups is 1. The summed E-state index contributed by atoms with van der Waals surface area (Å²) in [5, 5.41) is 0. The molecule has 0 aliphatic heterocycles. The molecule has 2 aromatic carbocycles. The van der Waals surface area contributed by atoms with Crippen molar-refractivity contribution in [3.8, 4) is 0 Å². The first kappa shape index (κ1) is 16.8. The van der Waals surface area contributed by atoms with Crippen LogP contribution in [0.25, 0.3) is 0 Å². The van der Waals surface area contributed by atoms with Crippen LogP contribution in [-0.4, -0.2) is 11.7 Å². The summed E-state index contributed by atoms with van der Waals surface area (Å²) in [5.41, 5.74) is 2.42. The van der Waals surface area contributed by atoms with E-state index in [2.05, 4.69) is 24.3 Å². The molecule has 0 N–H and O–H groups in total. The second-order valence-electron chi connectivity index (χ2n) is 5.62. The second-order valence-corrected chi connectivity index (χ2v) is 5.99. The third-order valence-corrected chi connectivity index (χ3v) is 4.19. The Morgan fingerprint density at radius 1 is 0.818 bits per heavy atom. The third kappa shape index (κ3) is 5.31. The predicted molar refractivity (Wildman–Crippen MR) is 93.5 cm³/mol. The first-order valence-electron chi connectivity index (χ1n) is 7.99. The number of carbonyl (C=O) groups excluding carboxylic acids is 1. The van der Waals surface area contributed by atoms with E-state index >= 15 is 0 Å². The minimum atomic E-state index is 0.155. The van der Waals surface area contributed by atoms with Gasteiger partial charge in [0.2, 0.25) is 0 Å². The van der Waals surface area contributed by atoms with Crippen molar-refractivity contribution in [2.75, 3.05) is 5.88 Å². The molecule has 0 bridgehead atoms. The highest BCUT2D eigenvalue weighted by molar-refractivity contribution is 6.17. The van der Waals surface area contributed by atoms with Crippen molar-refractivity contribution < 1.29 is 4.79 Å². The Morgan fingerprint density at radius 3 is 1.86 bits per heavy atom. The number of benzene rings is 2. The standard InChI is InChI=1S/C20H23ClO/c21-15-9-3-8-14-19(22)16-20(17-10-4-1-5-11-17)18-12-6-2-7-13-18/h1-2,4-7,10-13,20H,3,8-9,14-16H2. The number of Topliss-reactive ketones (excluding diaryl/α,β-unsaturated/α-hetero) is 1. The van der Waals surface area contributed by atoms with Crippen LogP contribution in [0.4, 0.5) is 0 Å². The van der Waals surface area contributed by atoms with Gasteiger partial charge in [0.25, 0.3) is 0 Å². The Labute approximate surface area is 138 Å². The number of rotatable bonds is 9. The number of halogens is 1. The van der Waals surface area contributed by atoms with Gasteiger partial charge in [-0.1, -0.05) is 67.1 Å². The Morgan fingerprint density at radius 2 is 1.36 bits per heavy atom. The van der Waals surface area contributed by atoms with Crippen molar-refractivity contribution in [2.24, 2.45) is 0 Å². The molecular weight excluding hydrogens is 292 g/mol. The highest BCUT2D eigenvalue weighted by Crippen LogP contribution is 2.28. The highest BCUT2D eigenvalue weighted by Gasteiger charge is 2.17. The molecule has 0 aliphatic carbocycles. The molecular formula is C20H23ClO. The molecule has 0 aliphatic rings. The van der Waals surface area contributed by atoms with Crippen molar-refractivity contribution >= 4 is 17.4 Å². The molecule has 0 unspecified atom stereocenters. The lowest BCUT2D eigenvalue weighted by Gasteiger charge is -2.17. The topological polar surface area (TPSA) is 17.1 Å². The molecule has 0 saturated heterocycles. The Balaban J connectivity index is 2.04. The van der Waals surface area contributed by atoms with Crippen molar-refractivity contribution in [2.45, 2.75) is 38.0 Å². The van der Waals surface area contributed by atoms with Gasteiger partial charge in [0.05, 0.1) is 0 Å². The van der Waals surface area contributed by atoms with Crippen LogP contribution in [-0.2, 0) is 4.79 Å². The van der Waals surface area contributed by atoms with E-state index in [9.17, 15) is 4.79 Å². The summed E-state index contributed by atoms with van der Waals surface area (Å²) in [6.45, 7) is 0. The second kappa shape index (κ2) is 9.42. The maximum Gasteiger partial charge on any atom is 0.133 e. The molecule has 0 amide bonds. The van der Waals surface area contributed by atoms with E-state index in [0.717, 1.165) is 19.3 Å². The fourth-order valence-electron chi connectivity index (χ4n) is 2.72. The third-order valence-electron chi connectivity index (χ3n) is 3.92. The maximum absolute atomic E-state index is 12.3. The Hall–Kier alpha value is -1.60. The SMILES string of the molecule is O=C(CCCCCCl)CC(c1ccccc1)c1ccccc1. The molecule has 0 heterocycles. The van der Waals surface area contributed by atoms with Gasteiger partial charge in [0, 0.05) is 24.6 Å². The molecule has 0 radical (unpaired) electrons. The van der Waals surface area contributed by atoms with Crippen molar-refractivity contribution in [3.05, 3.63) is 71.8 Å². The summed E-state index contributed by atoms with van der Waals surface area (Å²) in [5.74, 6) is 1.18. The minimum Gasteiger partial charge on any atom is -0.300 e. The number of ketones is 1. The summed E-state index contributed by atoms with van der Waals surface area (Å²) in [4.78, 5) is 12.3. The molecule has 0 saturated carbocycles. The van der Waals surface area contributed by atoms with Gasteiger partial charge >= 0.3 is 0 Å². The van der Waals surface area contributed by atoms with Crippen LogP contribution >= 0.6 is 11.6 Å². The van der Waals surface area contributed by atoms with Crippen molar-refractivity contribution in [3.63, 3.8) is 0 Å². The largest absolute Gasteiger partial charge is 0.300 e. The number of hydrogen-bond donors (Lipinski definition) is 0. The average Bonchev–Trinajstić information content (AvgIpc) is 2.58. The smallest absolute Gasteiger partial charge is 0.133 e. The zero-order valence-corrected chi connectivity index (χ0v) is 13.6. The van der Waals surface area contributed by atoms with E-state index in [1.165, 1.54) is 11.1 Å². The van der Waals surface area contributed by atoms with Gasteiger partial charge in [0.1, 0.15) is 5.78 Å². The molecule has 2 heteroatoms. The molecule has 0 atom stereocenters. The first-order valence-corrected chi connectivity index (χ1v) is 8.52. The highest BCUT2D eigenvalue weighted by atomic mass is 35.5. The van der Waals surface area contributed by atoms with Gasteiger partial charge in [-0.2, -0.15) is 0 Å². The summed E-state index contributed by atoms with van der Waals surface area (Å²) < 4.78 is 0.